The molecule has 2 aromatic carbocycles. The summed E-state index contributed by atoms with van der Waals surface area (Å²) < 4.78 is 0. The van der Waals surface area contributed by atoms with Crippen LogP contribution in [0.5, 0.6) is 0 Å². The maximum atomic E-state index is 12.1. The molecule has 0 radical (unpaired) electrons. The number of rotatable bonds is 5. The lowest BCUT2D eigenvalue weighted by Crippen LogP contribution is -2.22. The van der Waals surface area contributed by atoms with Gasteiger partial charge in [-0.15, -0.1) is 0 Å². The quantitative estimate of drug-likeness (QED) is 0.653. The van der Waals surface area contributed by atoms with Crippen LogP contribution in [-0.2, 0) is 4.79 Å². The number of non-ortho nitro benzene ring substituents is 1. The average Bonchev–Trinajstić information content (AvgIpc) is 2.49. The van der Waals surface area contributed by atoms with Gasteiger partial charge in [0.25, 0.3) is 5.69 Å². The van der Waals surface area contributed by atoms with Crippen molar-refractivity contribution >= 4 is 23.0 Å². The molecule has 0 unspecified atom stereocenters. The maximum Gasteiger partial charge on any atom is 0.269 e. The number of nitro groups is 1. The van der Waals surface area contributed by atoms with Crippen LogP contribution in [0.25, 0.3) is 0 Å². The first-order valence-electron chi connectivity index (χ1n) is 7.23. The standard InChI is InChI=1S/C17H19N3O3/c1-11-8-12(2)17(13(3)9-11)19-16(21)10-18-14-4-6-15(7-5-14)20(22)23/h4-9,18H,10H2,1-3H3,(H,19,21). The Bertz CT molecular complexity index is 716. The van der Waals surface area contributed by atoms with Gasteiger partial charge in [-0.25, -0.2) is 0 Å². The van der Waals surface area contributed by atoms with E-state index in [0.717, 1.165) is 22.4 Å². The van der Waals surface area contributed by atoms with Gasteiger partial charge in [0, 0.05) is 23.5 Å². The van der Waals surface area contributed by atoms with Gasteiger partial charge < -0.3 is 10.6 Å². The predicted molar refractivity (Wildman–Crippen MR) is 90.9 cm³/mol. The van der Waals surface area contributed by atoms with Gasteiger partial charge in [-0.3, -0.25) is 14.9 Å². The second-order valence-corrected chi connectivity index (χ2v) is 5.48. The third-order valence-electron chi connectivity index (χ3n) is 3.47. The number of benzene rings is 2. The topological polar surface area (TPSA) is 84.3 Å². The summed E-state index contributed by atoms with van der Waals surface area (Å²) in [6.45, 7) is 6.02. The van der Waals surface area contributed by atoms with Gasteiger partial charge in [0.15, 0.2) is 0 Å². The average molecular weight is 313 g/mol. The van der Waals surface area contributed by atoms with Gasteiger partial charge >= 0.3 is 0 Å². The van der Waals surface area contributed by atoms with Gasteiger partial charge in [0.2, 0.25) is 5.91 Å². The van der Waals surface area contributed by atoms with Gasteiger partial charge in [-0.05, 0) is 44.0 Å². The van der Waals surface area contributed by atoms with Crippen molar-refractivity contribution < 1.29 is 9.72 Å². The van der Waals surface area contributed by atoms with E-state index in [1.807, 2.05) is 32.9 Å². The zero-order valence-corrected chi connectivity index (χ0v) is 13.3. The number of anilines is 2. The van der Waals surface area contributed by atoms with Crippen LogP contribution in [0.1, 0.15) is 16.7 Å². The van der Waals surface area contributed by atoms with Gasteiger partial charge in [0.05, 0.1) is 11.5 Å². The number of hydrogen-bond acceptors (Lipinski definition) is 4. The smallest absolute Gasteiger partial charge is 0.269 e. The van der Waals surface area contributed by atoms with E-state index in [1.54, 1.807) is 12.1 Å². The molecule has 0 fully saturated rings. The first-order valence-corrected chi connectivity index (χ1v) is 7.23. The summed E-state index contributed by atoms with van der Waals surface area (Å²) in [7, 11) is 0. The molecule has 0 atom stereocenters. The van der Waals surface area contributed by atoms with Crippen LogP contribution in [0.2, 0.25) is 0 Å². The number of hydrogen-bond donors (Lipinski definition) is 2. The fourth-order valence-corrected chi connectivity index (χ4v) is 2.44. The SMILES string of the molecule is Cc1cc(C)c(NC(=O)CNc2ccc([N+](=O)[O-])cc2)c(C)c1. The zero-order chi connectivity index (χ0) is 17.0. The molecule has 120 valence electrons. The normalized spacial score (nSPS) is 10.2. The molecule has 0 saturated carbocycles. The van der Waals surface area contributed by atoms with Crippen LogP contribution in [0.3, 0.4) is 0 Å². The minimum absolute atomic E-state index is 0.0194. The first kappa shape index (κ1) is 16.5. The van der Waals surface area contributed by atoms with E-state index < -0.39 is 4.92 Å². The van der Waals surface area contributed by atoms with Crippen LogP contribution in [-0.4, -0.2) is 17.4 Å². The lowest BCUT2D eigenvalue weighted by Gasteiger charge is -2.13. The summed E-state index contributed by atoms with van der Waals surface area (Å²) in [5.41, 5.74) is 4.69. The summed E-state index contributed by atoms with van der Waals surface area (Å²) in [4.78, 5) is 22.2. The van der Waals surface area contributed by atoms with Gasteiger partial charge in [0.1, 0.15) is 0 Å². The van der Waals surface area contributed by atoms with E-state index >= 15 is 0 Å². The summed E-state index contributed by atoms with van der Waals surface area (Å²) in [6, 6.07) is 9.99. The van der Waals surface area contributed by atoms with Crippen molar-refractivity contribution in [3.63, 3.8) is 0 Å². The van der Waals surface area contributed by atoms with E-state index in [0.29, 0.717) is 5.69 Å². The molecule has 0 aliphatic heterocycles. The number of nitrogens with one attached hydrogen (secondary N) is 2. The predicted octanol–water partition coefficient (Wildman–Crippen LogP) is 3.57. The Hall–Kier alpha value is -2.89. The zero-order valence-electron chi connectivity index (χ0n) is 13.3. The number of nitro benzene ring substituents is 1. The van der Waals surface area contributed by atoms with Gasteiger partial charge in [-0.2, -0.15) is 0 Å². The second kappa shape index (κ2) is 6.91. The largest absolute Gasteiger partial charge is 0.376 e. The van der Waals surface area contributed by atoms with E-state index in [9.17, 15) is 14.9 Å². The molecule has 2 N–H and O–H groups in total. The molecule has 0 spiro atoms. The highest BCUT2D eigenvalue weighted by atomic mass is 16.6. The summed E-state index contributed by atoms with van der Waals surface area (Å²) >= 11 is 0. The molecule has 0 aromatic heterocycles. The highest BCUT2D eigenvalue weighted by molar-refractivity contribution is 5.95. The number of carbonyl (C=O) groups excluding carboxylic acids is 1. The highest BCUT2D eigenvalue weighted by Crippen LogP contribution is 2.22. The number of carbonyl (C=O) groups is 1. The summed E-state index contributed by atoms with van der Waals surface area (Å²) in [5, 5.41) is 16.4. The minimum atomic E-state index is -0.459. The van der Waals surface area contributed by atoms with Crippen molar-refractivity contribution in [2.75, 3.05) is 17.2 Å². The van der Waals surface area contributed by atoms with Crippen molar-refractivity contribution in [2.45, 2.75) is 20.8 Å². The Balaban J connectivity index is 1.96. The minimum Gasteiger partial charge on any atom is -0.376 e. The molecule has 0 aliphatic rings. The second-order valence-electron chi connectivity index (χ2n) is 5.48. The fraction of sp³-hybridized carbons (Fsp3) is 0.235. The molecule has 0 heterocycles. The fourth-order valence-electron chi connectivity index (χ4n) is 2.44. The molecule has 1 amide bonds. The third-order valence-corrected chi connectivity index (χ3v) is 3.47. The van der Waals surface area contributed by atoms with Crippen molar-refractivity contribution in [3.8, 4) is 0 Å². The summed E-state index contributed by atoms with van der Waals surface area (Å²) in [5.74, 6) is -0.168. The molecular formula is C17H19N3O3. The molecule has 23 heavy (non-hydrogen) atoms. The van der Waals surface area contributed by atoms with Crippen LogP contribution in [0, 0.1) is 30.9 Å². The highest BCUT2D eigenvalue weighted by Gasteiger charge is 2.09. The molecule has 2 rings (SSSR count). The number of nitrogens with zero attached hydrogens (tertiary/aromatic N) is 1. The van der Waals surface area contributed by atoms with Crippen LogP contribution in [0.15, 0.2) is 36.4 Å². The number of amides is 1. The molecule has 2 aromatic rings. The van der Waals surface area contributed by atoms with Crippen molar-refractivity contribution in [2.24, 2.45) is 0 Å². The molecule has 0 saturated heterocycles. The lowest BCUT2D eigenvalue weighted by atomic mass is 10.1. The Labute approximate surface area is 134 Å². The van der Waals surface area contributed by atoms with Gasteiger partial charge in [-0.1, -0.05) is 17.7 Å². The van der Waals surface area contributed by atoms with E-state index in [4.69, 9.17) is 0 Å². The molecule has 0 bridgehead atoms. The van der Waals surface area contributed by atoms with Crippen molar-refractivity contribution in [1.29, 1.82) is 0 Å². The van der Waals surface area contributed by atoms with Crippen LogP contribution in [0.4, 0.5) is 17.1 Å². The Morgan fingerprint density at radius 2 is 1.65 bits per heavy atom. The third kappa shape index (κ3) is 4.29. The van der Waals surface area contributed by atoms with Crippen molar-refractivity contribution in [1.82, 2.24) is 0 Å². The molecular weight excluding hydrogens is 294 g/mol. The summed E-state index contributed by atoms with van der Waals surface area (Å²) in [6.07, 6.45) is 0. The van der Waals surface area contributed by atoms with Crippen LogP contribution >= 0.6 is 0 Å². The van der Waals surface area contributed by atoms with E-state index in [1.165, 1.54) is 12.1 Å². The molecule has 0 aliphatic carbocycles. The molecule has 6 heteroatoms. The first-order chi connectivity index (χ1) is 10.9. The Morgan fingerprint density at radius 3 is 2.17 bits per heavy atom. The van der Waals surface area contributed by atoms with E-state index in [2.05, 4.69) is 10.6 Å². The maximum absolute atomic E-state index is 12.1. The van der Waals surface area contributed by atoms with Crippen molar-refractivity contribution in [3.05, 3.63) is 63.2 Å². The number of aryl methyl sites for hydroxylation is 3. The Morgan fingerprint density at radius 1 is 1.09 bits per heavy atom. The monoisotopic (exact) mass is 313 g/mol. The van der Waals surface area contributed by atoms with E-state index in [-0.39, 0.29) is 18.1 Å². The molecule has 6 nitrogen and oxygen atoms in total. The Kier molecular flexibility index (Phi) is 4.95. The lowest BCUT2D eigenvalue weighted by molar-refractivity contribution is -0.384. The van der Waals surface area contributed by atoms with Crippen LogP contribution < -0.4 is 10.6 Å².